The maximum absolute atomic E-state index is 12.1. The maximum Gasteiger partial charge on any atom is 0.224 e. The predicted octanol–water partition coefficient (Wildman–Crippen LogP) is 3.32. The second-order valence-electron chi connectivity index (χ2n) is 8.69. The van der Waals surface area contributed by atoms with Gasteiger partial charge in [0, 0.05) is 37.8 Å². The number of anilines is 1. The quantitative estimate of drug-likeness (QED) is 0.831. The fourth-order valence-electron chi connectivity index (χ4n) is 4.70. The summed E-state index contributed by atoms with van der Waals surface area (Å²) in [6.45, 7) is 12.9. The van der Waals surface area contributed by atoms with E-state index in [4.69, 9.17) is 4.98 Å². The number of nitrogens with one attached hydrogen (secondary N) is 1. The Morgan fingerprint density at radius 3 is 2.93 bits per heavy atom. The molecular weight excluding hydrogens is 350 g/mol. The topological polar surface area (TPSA) is 53.4 Å². The highest BCUT2D eigenvalue weighted by molar-refractivity contribution is 5.93. The van der Waals surface area contributed by atoms with E-state index in [1.165, 1.54) is 24.9 Å². The van der Waals surface area contributed by atoms with Crippen molar-refractivity contribution in [2.24, 2.45) is 5.92 Å². The molecule has 2 aliphatic rings. The zero-order chi connectivity index (χ0) is 19.7. The van der Waals surface area contributed by atoms with Crippen molar-refractivity contribution in [2.45, 2.75) is 59.2 Å². The molecule has 1 aromatic heterocycles. The fourth-order valence-corrected chi connectivity index (χ4v) is 4.70. The molecule has 0 spiro atoms. The summed E-state index contributed by atoms with van der Waals surface area (Å²) in [5.74, 6) is 1.58. The monoisotopic (exact) mass is 383 g/mol. The lowest BCUT2D eigenvalue weighted by Crippen LogP contribution is -2.43. The molecule has 0 radical (unpaired) electrons. The minimum atomic E-state index is 0.0709. The van der Waals surface area contributed by atoms with Crippen molar-refractivity contribution < 1.29 is 4.79 Å². The van der Waals surface area contributed by atoms with E-state index in [1.807, 2.05) is 12.1 Å². The molecule has 6 heteroatoms. The van der Waals surface area contributed by atoms with Crippen molar-refractivity contribution in [2.75, 3.05) is 31.5 Å². The number of benzene rings is 1. The van der Waals surface area contributed by atoms with Crippen molar-refractivity contribution in [3.05, 3.63) is 24.0 Å². The first-order valence-electron chi connectivity index (χ1n) is 10.8. The van der Waals surface area contributed by atoms with E-state index >= 15 is 0 Å². The number of carbonyl (C=O) groups excluding carboxylic acids is 1. The smallest absolute Gasteiger partial charge is 0.224 e. The third-order valence-electron chi connectivity index (χ3n) is 6.08. The summed E-state index contributed by atoms with van der Waals surface area (Å²) < 4.78 is 2.35. The Bertz CT molecular complexity index is 843. The number of amides is 1. The first-order chi connectivity index (χ1) is 13.5. The van der Waals surface area contributed by atoms with Gasteiger partial charge in [-0.3, -0.25) is 14.6 Å². The van der Waals surface area contributed by atoms with Crippen LogP contribution in [-0.2, 0) is 17.9 Å². The average Bonchev–Trinajstić information content (AvgIpc) is 3.23. The SMILES string of the molecule is CCN1CCCC1CN1CCn2c(nc3cc(NC(=O)CC(C)C)ccc32)C1. The Balaban J connectivity index is 1.46. The van der Waals surface area contributed by atoms with E-state index < -0.39 is 0 Å². The Hall–Kier alpha value is -1.92. The van der Waals surface area contributed by atoms with Gasteiger partial charge in [0.05, 0.1) is 17.6 Å². The molecule has 4 rings (SSSR count). The molecule has 1 saturated heterocycles. The van der Waals surface area contributed by atoms with E-state index in [-0.39, 0.29) is 5.91 Å². The summed E-state index contributed by atoms with van der Waals surface area (Å²) in [6, 6.07) is 6.81. The average molecular weight is 384 g/mol. The molecule has 152 valence electrons. The van der Waals surface area contributed by atoms with Crippen molar-refractivity contribution in [1.29, 1.82) is 0 Å². The molecular formula is C22H33N5O. The number of rotatable bonds is 6. The predicted molar refractivity (Wildman–Crippen MR) is 113 cm³/mol. The van der Waals surface area contributed by atoms with Gasteiger partial charge in [0.25, 0.3) is 0 Å². The van der Waals surface area contributed by atoms with E-state index in [2.05, 4.69) is 46.5 Å². The molecule has 0 aliphatic carbocycles. The molecule has 1 unspecified atom stereocenters. The summed E-state index contributed by atoms with van der Waals surface area (Å²) in [5, 5.41) is 3.01. The summed E-state index contributed by atoms with van der Waals surface area (Å²) in [4.78, 5) is 22.1. The molecule has 1 fully saturated rings. The molecule has 1 aromatic carbocycles. The lowest BCUT2D eigenvalue weighted by Gasteiger charge is -2.33. The van der Waals surface area contributed by atoms with Crippen LogP contribution in [0.2, 0.25) is 0 Å². The number of likely N-dealkylation sites (tertiary alicyclic amines) is 1. The van der Waals surface area contributed by atoms with Crippen LogP contribution in [0.1, 0.15) is 45.9 Å². The molecule has 2 aromatic rings. The zero-order valence-corrected chi connectivity index (χ0v) is 17.4. The van der Waals surface area contributed by atoms with Gasteiger partial charge < -0.3 is 9.88 Å². The van der Waals surface area contributed by atoms with Crippen LogP contribution in [0.3, 0.4) is 0 Å². The van der Waals surface area contributed by atoms with E-state index in [0.717, 1.165) is 49.8 Å². The van der Waals surface area contributed by atoms with Crippen LogP contribution in [0, 0.1) is 5.92 Å². The maximum atomic E-state index is 12.1. The normalized spacial score (nSPS) is 20.8. The second kappa shape index (κ2) is 8.21. The van der Waals surface area contributed by atoms with Crippen LogP contribution in [0.15, 0.2) is 18.2 Å². The van der Waals surface area contributed by atoms with Crippen LogP contribution in [-0.4, -0.2) is 57.5 Å². The molecule has 1 atom stereocenters. The summed E-state index contributed by atoms with van der Waals surface area (Å²) in [6.07, 6.45) is 3.19. The molecule has 0 bridgehead atoms. The van der Waals surface area contributed by atoms with Gasteiger partial charge in [-0.2, -0.15) is 0 Å². The van der Waals surface area contributed by atoms with E-state index in [0.29, 0.717) is 18.4 Å². The highest BCUT2D eigenvalue weighted by atomic mass is 16.1. The number of hydrogen-bond acceptors (Lipinski definition) is 4. The van der Waals surface area contributed by atoms with E-state index in [1.54, 1.807) is 0 Å². The summed E-state index contributed by atoms with van der Waals surface area (Å²) in [7, 11) is 0. The first kappa shape index (κ1) is 19.4. The number of likely N-dealkylation sites (N-methyl/N-ethyl adjacent to an activating group) is 1. The van der Waals surface area contributed by atoms with Crippen molar-refractivity contribution in [3.63, 3.8) is 0 Å². The third kappa shape index (κ3) is 4.08. The molecule has 28 heavy (non-hydrogen) atoms. The van der Waals surface area contributed by atoms with Crippen molar-refractivity contribution >= 4 is 22.6 Å². The summed E-state index contributed by atoms with van der Waals surface area (Å²) >= 11 is 0. The largest absolute Gasteiger partial charge is 0.326 e. The van der Waals surface area contributed by atoms with E-state index in [9.17, 15) is 4.79 Å². The highest BCUT2D eigenvalue weighted by Gasteiger charge is 2.27. The molecule has 6 nitrogen and oxygen atoms in total. The van der Waals surface area contributed by atoms with Gasteiger partial charge >= 0.3 is 0 Å². The number of nitrogens with zero attached hydrogens (tertiary/aromatic N) is 4. The van der Waals surface area contributed by atoms with Crippen LogP contribution in [0.5, 0.6) is 0 Å². The van der Waals surface area contributed by atoms with Crippen LogP contribution >= 0.6 is 0 Å². The van der Waals surface area contributed by atoms with Gasteiger partial charge in [0.2, 0.25) is 5.91 Å². The highest BCUT2D eigenvalue weighted by Crippen LogP contribution is 2.25. The molecule has 2 aliphatic heterocycles. The van der Waals surface area contributed by atoms with Gasteiger partial charge in [0.15, 0.2) is 0 Å². The first-order valence-corrected chi connectivity index (χ1v) is 10.8. The van der Waals surface area contributed by atoms with Crippen molar-refractivity contribution in [3.8, 4) is 0 Å². The minimum absolute atomic E-state index is 0.0709. The zero-order valence-electron chi connectivity index (χ0n) is 17.4. The Morgan fingerprint density at radius 1 is 1.29 bits per heavy atom. The Morgan fingerprint density at radius 2 is 2.14 bits per heavy atom. The van der Waals surface area contributed by atoms with Gasteiger partial charge in [-0.25, -0.2) is 4.98 Å². The van der Waals surface area contributed by atoms with Crippen LogP contribution < -0.4 is 5.32 Å². The minimum Gasteiger partial charge on any atom is -0.326 e. The lowest BCUT2D eigenvalue weighted by molar-refractivity contribution is -0.116. The third-order valence-corrected chi connectivity index (χ3v) is 6.08. The standard InChI is InChI=1S/C22H33N5O/c1-4-26-9-5-6-18(26)14-25-10-11-27-20-8-7-17(23-22(28)12-16(2)3)13-19(20)24-21(27)15-25/h7-8,13,16,18H,4-6,9-12,14-15H2,1-3H3,(H,23,28). The van der Waals surface area contributed by atoms with Crippen molar-refractivity contribution in [1.82, 2.24) is 19.4 Å². The Labute approximate surface area is 167 Å². The number of carbonyl (C=O) groups is 1. The van der Waals surface area contributed by atoms with Crippen LogP contribution in [0.4, 0.5) is 5.69 Å². The number of imidazole rings is 1. The number of aromatic nitrogens is 2. The molecule has 1 amide bonds. The van der Waals surface area contributed by atoms with Crippen LogP contribution in [0.25, 0.3) is 11.0 Å². The molecule has 1 N–H and O–H groups in total. The molecule has 3 heterocycles. The van der Waals surface area contributed by atoms with Gasteiger partial charge in [0.1, 0.15) is 5.82 Å². The number of fused-ring (bicyclic) bond motifs is 3. The number of hydrogen-bond donors (Lipinski definition) is 1. The summed E-state index contributed by atoms with van der Waals surface area (Å²) in [5.41, 5.74) is 3.00. The molecule has 0 saturated carbocycles. The van der Waals surface area contributed by atoms with Gasteiger partial charge in [-0.15, -0.1) is 0 Å². The lowest BCUT2D eigenvalue weighted by atomic mass is 10.1. The van der Waals surface area contributed by atoms with Gasteiger partial charge in [-0.05, 0) is 50.0 Å². The Kier molecular flexibility index (Phi) is 5.69. The second-order valence-corrected chi connectivity index (χ2v) is 8.69. The fraction of sp³-hybridized carbons (Fsp3) is 0.636. The van der Waals surface area contributed by atoms with Gasteiger partial charge in [-0.1, -0.05) is 20.8 Å².